The van der Waals surface area contributed by atoms with Crippen LogP contribution >= 0.6 is 0 Å². The molecule has 3 rings (SSSR count). The Morgan fingerprint density at radius 3 is 2.52 bits per heavy atom. The lowest BCUT2D eigenvalue weighted by Gasteiger charge is -2.29. The van der Waals surface area contributed by atoms with E-state index in [1.54, 1.807) is 0 Å². The monoisotopic (exact) mass is 401 g/mol. The molecule has 29 heavy (non-hydrogen) atoms. The highest BCUT2D eigenvalue weighted by Crippen LogP contribution is 2.18. The minimum Gasteiger partial charge on any atom is -0.379 e. The Hall–Kier alpha value is -1.63. The summed E-state index contributed by atoms with van der Waals surface area (Å²) in [6.07, 6.45) is 3.87. The van der Waals surface area contributed by atoms with Crippen LogP contribution in [0.4, 0.5) is 0 Å². The van der Waals surface area contributed by atoms with Gasteiger partial charge in [-0.15, -0.1) is 0 Å². The molecule has 2 aliphatic rings. The van der Waals surface area contributed by atoms with Crippen molar-refractivity contribution in [2.24, 2.45) is 10.9 Å². The maximum Gasteiger partial charge on any atom is 0.191 e. The quantitative estimate of drug-likeness (QED) is 0.517. The van der Waals surface area contributed by atoms with Crippen molar-refractivity contribution < 1.29 is 4.74 Å². The van der Waals surface area contributed by atoms with Gasteiger partial charge < -0.3 is 20.3 Å². The van der Waals surface area contributed by atoms with Crippen LogP contribution in [0.2, 0.25) is 0 Å². The van der Waals surface area contributed by atoms with E-state index in [-0.39, 0.29) is 0 Å². The van der Waals surface area contributed by atoms with E-state index in [0.29, 0.717) is 6.54 Å². The van der Waals surface area contributed by atoms with Gasteiger partial charge in [0.15, 0.2) is 5.96 Å². The van der Waals surface area contributed by atoms with E-state index < -0.39 is 0 Å². The third-order valence-electron chi connectivity index (χ3n) is 6.05. The number of ether oxygens (including phenoxy) is 1. The lowest BCUT2D eigenvalue weighted by Crippen LogP contribution is -2.39. The normalized spacial score (nSPS) is 20.0. The van der Waals surface area contributed by atoms with E-state index in [1.807, 2.05) is 0 Å². The first-order chi connectivity index (χ1) is 14.2. The molecule has 0 aliphatic carbocycles. The van der Waals surface area contributed by atoms with Crippen molar-refractivity contribution in [1.29, 1.82) is 0 Å². The number of hydrogen-bond acceptors (Lipinski definition) is 4. The van der Waals surface area contributed by atoms with Crippen LogP contribution in [0.5, 0.6) is 0 Å². The van der Waals surface area contributed by atoms with Crippen molar-refractivity contribution in [3.8, 4) is 0 Å². The molecule has 2 N–H and O–H groups in total. The third-order valence-corrected chi connectivity index (χ3v) is 6.05. The van der Waals surface area contributed by atoms with Crippen LogP contribution in [-0.4, -0.2) is 75.3 Å². The molecule has 0 bridgehead atoms. The van der Waals surface area contributed by atoms with Crippen LogP contribution in [0.3, 0.4) is 0 Å². The molecule has 1 aromatic carbocycles. The van der Waals surface area contributed by atoms with Crippen molar-refractivity contribution >= 4 is 5.96 Å². The molecule has 162 valence electrons. The summed E-state index contributed by atoms with van der Waals surface area (Å²) in [5, 5.41) is 6.95. The summed E-state index contributed by atoms with van der Waals surface area (Å²) in [6.45, 7) is 11.9. The van der Waals surface area contributed by atoms with Gasteiger partial charge in [0.1, 0.15) is 0 Å². The topological polar surface area (TPSA) is 52.1 Å². The Morgan fingerprint density at radius 2 is 1.79 bits per heavy atom. The molecule has 0 aromatic heterocycles. The van der Waals surface area contributed by atoms with Gasteiger partial charge in [0, 0.05) is 32.7 Å². The standard InChI is InChI=1S/C23H39N5O/c1-3-24-23(25-11-8-20-9-12-27(2)13-10-20)26-18-21-6-4-5-7-22(21)19-28-14-16-29-17-15-28/h4-7,20H,3,8-19H2,1-2H3,(H2,24,25,26). The Labute approximate surface area is 176 Å². The molecule has 2 heterocycles. The van der Waals surface area contributed by atoms with Gasteiger partial charge in [-0.05, 0) is 63.4 Å². The minimum atomic E-state index is 0.712. The predicted molar refractivity (Wildman–Crippen MR) is 120 cm³/mol. The van der Waals surface area contributed by atoms with E-state index in [4.69, 9.17) is 9.73 Å². The molecule has 0 amide bonds. The number of morpholine rings is 1. The van der Waals surface area contributed by atoms with Gasteiger partial charge in [0.05, 0.1) is 19.8 Å². The lowest BCUT2D eigenvalue weighted by atomic mass is 9.94. The SMILES string of the molecule is CCNC(=NCc1ccccc1CN1CCOCC1)NCCC1CCN(C)CC1. The highest BCUT2D eigenvalue weighted by atomic mass is 16.5. The van der Waals surface area contributed by atoms with Gasteiger partial charge in [0.25, 0.3) is 0 Å². The molecule has 2 fully saturated rings. The number of guanidine groups is 1. The molecule has 1 aromatic rings. The van der Waals surface area contributed by atoms with Crippen LogP contribution in [0.1, 0.15) is 37.3 Å². The average molecular weight is 402 g/mol. The smallest absolute Gasteiger partial charge is 0.191 e. The highest BCUT2D eigenvalue weighted by Gasteiger charge is 2.16. The number of hydrogen-bond donors (Lipinski definition) is 2. The number of aliphatic imine (C=N–C) groups is 1. The summed E-state index contributed by atoms with van der Waals surface area (Å²) in [7, 11) is 2.22. The van der Waals surface area contributed by atoms with Gasteiger partial charge in [-0.25, -0.2) is 4.99 Å². The number of benzene rings is 1. The van der Waals surface area contributed by atoms with Gasteiger partial charge in [-0.2, -0.15) is 0 Å². The highest BCUT2D eigenvalue weighted by molar-refractivity contribution is 5.79. The summed E-state index contributed by atoms with van der Waals surface area (Å²) < 4.78 is 5.48. The predicted octanol–water partition coefficient (Wildman–Crippen LogP) is 2.31. The number of rotatable bonds is 8. The van der Waals surface area contributed by atoms with Crippen LogP contribution in [0, 0.1) is 5.92 Å². The average Bonchev–Trinajstić information content (AvgIpc) is 2.75. The van der Waals surface area contributed by atoms with E-state index in [1.165, 1.54) is 43.5 Å². The molecule has 0 unspecified atom stereocenters. The largest absolute Gasteiger partial charge is 0.379 e. The second kappa shape index (κ2) is 12.2. The molecular weight excluding hydrogens is 362 g/mol. The van der Waals surface area contributed by atoms with Crippen molar-refractivity contribution in [1.82, 2.24) is 20.4 Å². The van der Waals surface area contributed by atoms with E-state index >= 15 is 0 Å². The fraction of sp³-hybridized carbons (Fsp3) is 0.696. The van der Waals surface area contributed by atoms with Gasteiger partial charge >= 0.3 is 0 Å². The molecule has 0 atom stereocenters. The first-order valence-corrected chi connectivity index (χ1v) is 11.3. The van der Waals surface area contributed by atoms with Crippen molar-refractivity contribution in [3.05, 3.63) is 35.4 Å². The van der Waals surface area contributed by atoms with Gasteiger partial charge in [-0.3, -0.25) is 4.90 Å². The zero-order valence-corrected chi connectivity index (χ0v) is 18.3. The van der Waals surface area contributed by atoms with E-state index in [0.717, 1.165) is 57.8 Å². The summed E-state index contributed by atoms with van der Waals surface area (Å²) >= 11 is 0. The zero-order chi connectivity index (χ0) is 20.3. The maximum atomic E-state index is 5.48. The maximum absolute atomic E-state index is 5.48. The molecule has 2 saturated heterocycles. The summed E-state index contributed by atoms with van der Waals surface area (Å²) in [6, 6.07) is 8.70. The van der Waals surface area contributed by atoms with Crippen LogP contribution in [0.15, 0.2) is 29.3 Å². The first kappa shape index (κ1) is 22.1. The van der Waals surface area contributed by atoms with Gasteiger partial charge in [-0.1, -0.05) is 24.3 Å². The fourth-order valence-corrected chi connectivity index (χ4v) is 4.12. The Bertz CT molecular complexity index is 621. The summed E-state index contributed by atoms with van der Waals surface area (Å²) in [5.74, 6) is 1.78. The molecule has 0 radical (unpaired) electrons. The lowest BCUT2D eigenvalue weighted by molar-refractivity contribution is 0.0341. The van der Waals surface area contributed by atoms with Gasteiger partial charge in [0.2, 0.25) is 0 Å². The van der Waals surface area contributed by atoms with Crippen LogP contribution in [0.25, 0.3) is 0 Å². The second-order valence-electron chi connectivity index (χ2n) is 8.31. The molecule has 2 aliphatic heterocycles. The summed E-state index contributed by atoms with van der Waals surface area (Å²) in [4.78, 5) is 9.78. The zero-order valence-electron chi connectivity index (χ0n) is 18.3. The summed E-state index contributed by atoms with van der Waals surface area (Å²) in [5.41, 5.74) is 2.69. The molecule has 6 nitrogen and oxygen atoms in total. The first-order valence-electron chi connectivity index (χ1n) is 11.3. The third kappa shape index (κ3) is 7.61. The van der Waals surface area contributed by atoms with Crippen molar-refractivity contribution in [2.75, 3.05) is 59.5 Å². The second-order valence-corrected chi connectivity index (χ2v) is 8.31. The van der Waals surface area contributed by atoms with Crippen LogP contribution in [-0.2, 0) is 17.8 Å². The number of piperidine rings is 1. The number of nitrogens with one attached hydrogen (secondary N) is 2. The molecule has 0 saturated carbocycles. The Balaban J connectivity index is 1.51. The van der Waals surface area contributed by atoms with Crippen LogP contribution < -0.4 is 10.6 Å². The fourth-order valence-electron chi connectivity index (χ4n) is 4.12. The number of likely N-dealkylation sites (tertiary alicyclic amines) is 1. The van der Waals surface area contributed by atoms with Crippen molar-refractivity contribution in [2.45, 2.75) is 39.3 Å². The number of nitrogens with zero attached hydrogens (tertiary/aromatic N) is 3. The van der Waals surface area contributed by atoms with E-state index in [2.05, 4.69) is 58.7 Å². The Kier molecular flexibility index (Phi) is 9.25. The minimum absolute atomic E-state index is 0.712. The molecular formula is C23H39N5O. The molecule has 6 heteroatoms. The van der Waals surface area contributed by atoms with E-state index in [9.17, 15) is 0 Å². The van der Waals surface area contributed by atoms with Crippen molar-refractivity contribution in [3.63, 3.8) is 0 Å². The Morgan fingerprint density at radius 1 is 1.07 bits per heavy atom. The molecule has 0 spiro atoms.